The molecule has 6 nitrogen and oxygen atoms in total. The van der Waals surface area contributed by atoms with Crippen molar-refractivity contribution in [2.24, 2.45) is 0 Å². The highest BCUT2D eigenvalue weighted by Gasteiger charge is 2.40. The molecule has 0 spiro atoms. The molecular weight excluding hydrogens is 417 g/mol. The second-order valence-electron chi connectivity index (χ2n) is 8.09. The van der Waals surface area contributed by atoms with Crippen molar-refractivity contribution in [1.82, 2.24) is 15.1 Å². The Bertz CT molecular complexity index is 701. The summed E-state index contributed by atoms with van der Waals surface area (Å²) in [5.74, 6) is -0.0286. The zero-order valence-electron chi connectivity index (χ0n) is 15.7. The largest absolute Gasteiger partial charge is 0.444 e. The second-order valence-corrected chi connectivity index (χ2v) is 9.00. The molecule has 1 N–H and O–H groups in total. The first-order valence-electron chi connectivity index (χ1n) is 9.05. The molecule has 8 heteroatoms. The molecule has 3 rings (SSSR count). The number of carbonyl (C=O) groups excluding carboxylic acids is 2. The van der Waals surface area contributed by atoms with Gasteiger partial charge in [0.05, 0.1) is 12.6 Å². The third-order valence-corrected chi connectivity index (χ3v) is 5.14. The zero-order chi connectivity index (χ0) is 19.8. The summed E-state index contributed by atoms with van der Waals surface area (Å²) in [6.45, 7) is 6.72. The van der Waals surface area contributed by atoms with Gasteiger partial charge < -0.3 is 19.9 Å². The molecule has 2 unspecified atom stereocenters. The fourth-order valence-electron chi connectivity index (χ4n) is 3.22. The molecule has 2 aliphatic rings. The van der Waals surface area contributed by atoms with Crippen LogP contribution in [-0.4, -0.2) is 71.8 Å². The van der Waals surface area contributed by atoms with E-state index in [0.717, 1.165) is 4.47 Å². The van der Waals surface area contributed by atoms with Gasteiger partial charge in [0.2, 0.25) is 0 Å². The first-order valence-corrected chi connectivity index (χ1v) is 9.84. The third kappa shape index (κ3) is 4.99. The highest BCUT2D eigenvalue weighted by atomic mass is 79.9. The minimum absolute atomic E-state index is 0.0286. The number of carbonyl (C=O) groups is 2. The molecule has 0 aliphatic carbocycles. The van der Waals surface area contributed by atoms with Crippen LogP contribution < -0.4 is 5.32 Å². The van der Waals surface area contributed by atoms with Crippen molar-refractivity contribution in [3.8, 4) is 0 Å². The molecule has 0 radical (unpaired) electrons. The molecule has 148 valence electrons. The first kappa shape index (κ1) is 20.1. The average Bonchev–Trinajstić information content (AvgIpc) is 2.90. The summed E-state index contributed by atoms with van der Waals surface area (Å²) in [4.78, 5) is 27.6. The van der Waals surface area contributed by atoms with Gasteiger partial charge in [0.25, 0.3) is 5.91 Å². The van der Waals surface area contributed by atoms with E-state index >= 15 is 0 Å². The van der Waals surface area contributed by atoms with E-state index in [9.17, 15) is 14.0 Å². The van der Waals surface area contributed by atoms with E-state index in [1.54, 1.807) is 37.8 Å². The van der Waals surface area contributed by atoms with Gasteiger partial charge >= 0.3 is 6.09 Å². The maximum atomic E-state index is 14.3. The van der Waals surface area contributed by atoms with E-state index in [-0.39, 0.29) is 25.0 Å². The fourth-order valence-corrected chi connectivity index (χ4v) is 3.49. The number of alkyl halides is 1. The van der Waals surface area contributed by atoms with Crippen LogP contribution in [-0.2, 0) is 4.74 Å². The van der Waals surface area contributed by atoms with Gasteiger partial charge in [0, 0.05) is 35.7 Å². The lowest BCUT2D eigenvalue weighted by Crippen LogP contribution is -2.63. The van der Waals surface area contributed by atoms with Gasteiger partial charge in [-0.2, -0.15) is 0 Å². The number of ether oxygens (including phenoxy) is 1. The Hall–Kier alpha value is -1.67. The van der Waals surface area contributed by atoms with Crippen LogP contribution in [0.25, 0.3) is 0 Å². The van der Waals surface area contributed by atoms with E-state index < -0.39 is 23.9 Å². The van der Waals surface area contributed by atoms with Crippen molar-refractivity contribution < 1.29 is 18.7 Å². The lowest BCUT2D eigenvalue weighted by Gasteiger charge is -2.41. The molecule has 27 heavy (non-hydrogen) atoms. The van der Waals surface area contributed by atoms with Gasteiger partial charge in [0.15, 0.2) is 0 Å². The van der Waals surface area contributed by atoms with Crippen molar-refractivity contribution >= 4 is 27.9 Å². The van der Waals surface area contributed by atoms with Gasteiger partial charge in [-0.3, -0.25) is 4.79 Å². The van der Waals surface area contributed by atoms with E-state index in [0.29, 0.717) is 18.7 Å². The lowest BCUT2D eigenvalue weighted by molar-refractivity contribution is 0.0281. The summed E-state index contributed by atoms with van der Waals surface area (Å²) >= 11 is 3.35. The predicted octanol–water partition coefficient (Wildman–Crippen LogP) is 2.82. The molecule has 0 aromatic heterocycles. The highest BCUT2D eigenvalue weighted by Crippen LogP contribution is 2.21. The standard InChI is InChI=1S/C19H25BrFN3O3/c1-19(2,3)27-18(26)24-10-15(21)16(11-24)22-14-8-23(9-14)17(25)12-4-6-13(20)7-5-12/h4-7,14-16,22H,8-11H2,1-3H3. The van der Waals surface area contributed by atoms with Gasteiger partial charge in [-0.05, 0) is 45.0 Å². The molecule has 2 heterocycles. The summed E-state index contributed by atoms with van der Waals surface area (Å²) in [6, 6.07) is 6.82. The van der Waals surface area contributed by atoms with Crippen LogP contribution in [0.3, 0.4) is 0 Å². The molecule has 1 aromatic carbocycles. The summed E-state index contributed by atoms with van der Waals surface area (Å²) < 4.78 is 20.5. The topological polar surface area (TPSA) is 61.9 Å². The number of halogens is 2. The molecule has 2 atom stereocenters. The van der Waals surface area contributed by atoms with Crippen molar-refractivity contribution in [2.45, 2.75) is 44.6 Å². The van der Waals surface area contributed by atoms with Gasteiger partial charge in [-0.1, -0.05) is 15.9 Å². The highest BCUT2D eigenvalue weighted by molar-refractivity contribution is 9.10. The number of nitrogens with one attached hydrogen (secondary N) is 1. The Labute approximate surface area is 167 Å². The van der Waals surface area contributed by atoms with Crippen molar-refractivity contribution in [1.29, 1.82) is 0 Å². The molecule has 2 fully saturated rings. The number of amides is 2. The van der Waals surface area contributed by atoms with Crippen LogP contribution in [0, 0.1) is 0 Å². The van der Waals surface area contributed by atoms with Crippen molar-refractivity contribution in [2.75, 3.05) is 26.2 Å². The molecule has 1 aromatic rings. The molecular formula is C19H25BrFN3O3. The molecule has 2 aliphatic heterocycles. The Kier molecular flexibility index (Phi) is 5.76. The van der Waals surface area contributed by atoms with Gasteiger partial charge in [-0.15, -0.1) is 0 Å². The summed E-state index contributed by atoms with van der Waals surface area (Å²) in [5, 5.41) is 3.23. The fraction of sp³-hybridized carbons (Fsp3) is 0.579. The van der Waals surface area contributed by atoms with E-state index in [4.69, 9.17) is 4.74 Å². The van der Waals surface area contributed by atoms with E-state index in [1.165, 1.54) is 4.90 Å². The number of rotatable bonds is 3. The van der Waals surface area contributed by atoms with Crippen molar-refractivity contribution in [3.05, 3.63) is 34.3 Å². The summed E-state index contributed by atoms with van der Waals surface area (Å²) in [7, 11) is 0. The maximum Gasteiger partial charge on any atom is 0.410 e. The monoisotopic (exact) mass is 441 g/mol. The number of nitrogens with zero attached hydrogens (tertiary/aromatic N) is 2. The Morgan fingerprint density at radius 2 is 1.74 bits per heavy atom. The van der Waals surface area contributed by atoms with E-state index in [2.05, 4.69) is 21.2 Å². The Morgan fingerprint density at radius 3 is 2.33 bits per heavy atom. The van der Waals surface area contributed by atoms with Crippen LogP contribution in [0.5, 0.6) is 0 Å². The second kappa shape index (κ2) is 7.75. The SMILES string of the molecule is CC(C)(C)OC(=O)N1CC(F)C(NC2CN(C(=O)c3ccc(Br)cc3)C2)C1. The number of benzene rings is 1. The minimum Gasteiger partial charge on any atom is -0.444 e. The lowest BCUT2D eigenvalue weighted by atomic mass is 10.0. The van der Waals surface area contributed by atoms with Gasteiger partial charge in [-0.25, -0.2) is 9.18 Å². The zero-order valence-corrected chi connectivity index (χ0v) is 17.3. The van der Waals surface area contributed by atoms with Crippen LogP contribution in [0.4, 0.5) is 9.18 Å². The summed E-state index contributed by atoms with van der Waals surface area (Å²) in [5.41, 5.74) is 0.0352. The Balaban J connectivity index is 1.46. The average molecular weight is 442 g/mol. The van der Waals surface area contributed by atoms with Crippen LogP contribution in [0.15, 0.2) is 28.7 Å². The van der Waals surface area contributed by atoms with Crippen molar-refractivity contribution in [3.63, 3.8) is 0 Å². The van der Waals surface area contributed by atoms with Crippen LogP contribution in [0.1, 0.15) is 31.1 Å². The summed E-state index contributed by atoms with van der Waals surface area (Å²) in [6.07, 6.45) is -1.64. The van der Waals surface area contributed by atoms with E-state index in [1.807, 2.05) is 12.1 Å². The maximum absolute atomic E-state index is 14.3. The molecule has 0 saturated carbocycles. The smallest absolute Gasteiger partial charge is 0.410 e. The van der Waals surface area contributed by atoms with Gasteiger partial charge in [0.1, 0.15) is 11.8 Å². The first-order chi connectivity index (χ1) is 12.6. The third-order valence-electron chi connectivity index (χ3n) is 4.61. The number of hydrogen-bond donors (Lipinski definition) is 1. The molecule has 0 bridgehead atoms. The molecule has 2 saturated heterocycles. The van der Waals surface area contributed by atoms with Crippen LogP contribution in [0.2, 0.25) is 0 Å². The Morgan fingerprint density at radius 1 is 1.11 bits per heavy atom. The number of hydrogen-bond acceptors (Lipinski definition) is 4. The quantitative estimate of drug-likeness (QED) is 0.783. The molecule has 2 amide bonds. The number of likely N-dealkylation sites (tertiary alicyclic amines) is 2. The normalized spacial score (nSPS) is 23.3. The minimum atomic E-state index is -1.14. The van der Waals surface area contributed by atoms with Crippen LogP contribution >= 0.6 is 15.9 Å². The predicted molar refractivity (Wildman–Crippen MR) is 103 cm³/mol.